The van der Waals surface area contributed by atoms with E-state index in [1.54, 1.807) is 0 Å². The number of nitrogens with one attached hydrogen (secondary N) is 1. The van der Waals surface area contributed by atoms with Crippen LogP contribution in [0.3, 0.4) is 0 Å². The van der Waals surface area contributed by atoms with E-state index in [1.165, 1.54) is 16.9 Å². The summed E-state index contributed by atoms with van der Waals surface area (Å²) in [6.07, 6.45) is 5.18. The van der Waals surface area contributed by atoms with E-state index in [0.717, 1.165) is 48.6 Å². The number of piperidine rings is 1. The van der Waals surface area contributed by atoms with Crippen molar-refractivity contribution in [2.45, 2.75) is 38.5 Å². The molecule has 7 nitrogen and oxygen atoms in total. The number of hydrogen-bond donors (Lipinski definition) is 2. The third kappa shape index (κ3) is 4.94. The molecule has 3 aromatic rings. The van der Waals surface area contributed by atoms with E-state index < -0.39 is 0 Å². The van der Waals surface area contributed by atoms with Gasteiger partial charge in [0.25, 0.3) is 0 Å². The Morgan fingerprint density at radius 2 is 2.00 bits per heavy atom. The van der Waals surface area contributed by atoms with Crippen LogP contribution in [-0.4, -0.2) is 34.2 Å². The van der Waals surface area contributed by atoms with Gasteiger partial charge in [0.2, 0.25) is 11.0 Å². The van der Waals surface area contributed by atoms with Gasteiger partial charge in [0.05, 0.1) is 18.3 Å². The van der Waals surface area contributed by atoms with Crippen molar-refractivity contribution in [2.75, 3.05) is 29.0 Å². The Labute approximate surface area is 180 Å². The maximum Gasteiger partial charge on any atom is 0.229 e. The van der Waals surface area contributed by atoms with E-state index in [0.29, 0.717) is 23.3 Å². The van der Waals surface area contributed by atoms with Crippen molar-refractivity contribution in [2.24, 2.45) is 0 Å². The highest BCUT2D eigenvalue weighted by Crippen LogP contribution is 2.32. The molecule has 156 valence electrons. The van der Waals surface area contributed by atoms with Crippen LogP contribution >= 0.6 is 11.3 Å². The zero-order valence-corrected chi connectivity index (χ0v) is 17.9. The fraction of sp³-hybridized carbons (Fsp3) is 0.364. The highest BCUT2D eigenvalue weighted by atomic mass is 32.1. The third-order valence-electron chi connectivity index (χ3n) is 5.45. The average molecular weight is 423 g/mol. The summed E-state index contributed by atoms with van der Waals surface area (Å²) in [5, 5.41) is 12.6. The largest absolute Gasteiger partial charge is 0.374 e. The summed E-state index contributed by atoms with van der Waals surface area (Å²) < 4.78 is 0. The first-order valence-corrected chi connectivity index (χ1v) is 11.1. The minimum Gasteiger partial charge on any atom is -0.374 e. The Bertz CT molecular complexity index is 995. The number of aryl methyl sites for hydroxylation is 1. The fourth-order valence-electron chi connectivity index (χ4n) is 3.78. The monoisotopic (exact) mass is 422 g/mol. The average Bonchev–Trinajstić information content (AvgIpc) is 3.21. The van der Waals surface area contributed by atoms with Crippen molar-refractivity contribution >= 4 is 33.9 Å². The van der Waals surface area contributed by atoms with E-state index in [9.17, 15) is 4.79 Å². The molecule has 3 N–H and O–H groups in total. The second kappa shape index (κ2) is 9.21. The smallest absolute Gasteiger partial charge is 0.229 e. The quantitative estimate of drug-likeness (QED) is 0.629. The van der Waals surface area contributed by atoms with Crippen molar-refractivity contribution in [3.05, 3.63) is 58.7 Å². The Kier molecular flexibility index (Phi) is 6.23. The van der Waals surface area contributed by atoms with E-state index in [2.05, 4.69) is 44.5 Å². The maximum atomic E-state index is 12.4. The van der Waals surface area contributed by atoms with Crippen molar-refractivity contribution in [1.82, 2.24) is 15.2 Å². The van der Waals surface area contributed by atoms with Crippen LogP contribution in [0.5, 0.6) is 0 Å². The molecule has 1 aliphatic heterocycles. The third-order valence-corrected chi connectivity index (χ3v) is 6.36. The second-order valence-electron chi connectivity index (χ2n) is 7.54. The van der Waals surface area contributed by atoms with E-state index in [4.69, 9.17) is 5.73 Å². The van der Waals surface area contributed by atoms with Gasteiger partial charge in [-0.3, -0.25) is 4.79 Å². The zero-order chi connectivity index (χ0) is 20.9. The molecule has 1 amide bonds. The van der Waals surface area contributed by atoms with Crippen LogP contribution < -0.4 is 16.0 Å². The van der Waals surface area contributed by atoms with Crippen molar-refractivity contribution in [1.29, 1.82) is 0 Å². The molecule has 4 rings (SSSR count). The second-order valence-corrected chi connectivity index (χ2v) is 8.58. The number of aromatic nitrogens is 3. The molecule has 2 aromatic heterocycles. The number of carbonyl (C=O) groups is 1. The van der Waals surface area contributed by atoms with E-state index in [-0.39, 0.29) is 5.91 Å². The molecule has 1 aromatic carbocycles. The Morgan fingerprint density at radius 1 is 1.20 bits per heavy atom. The number of amides is 1. The Morgan fingerprint density at radius 3 is 2.67 bits per heavy atom. The maximum absolute atomic E-state index is 12.4. The molecule has 3 heterocycles. The number of nitrogens with zero attached hydrogens (tertiary/aromatic N) is 4. The Balaban J connectivity index is 1.30. The van der Waals surface area contributed by atoms with Crippen LogP contribution in [-0.2, 0) is 17.6 Å². The number of hydrogen-bond acceptors (Lipinski definition) is 7. The molecular weight excluding hydrogens is 396 g/mol. The molecule has 30 heavy (non-hydrogen) atoms. The predicted molar refractivity (Wildman–Crippen MR) is 121 cm³/mol. The van der Waals surface area contributed by atoms with Crippen LogP contribution in [0.15, 0.2) is 42.6 Å². The number of carbonyl (C=O) groups excluding carboxylic acids is 1. The number of benzene rings is 1. The van der Waals surface area contributed by atoms with Gasteiger partial charge in [0, 0.05) is 19.0 Å². The number of nitrogen functional groups attached to an aromatic ring is 1. The highest BCUT2D eigenvalue weighted by Gasteiger charge is 2.23. The molecule has 1 aliphatic rings. The lowest BCUT2D eigenvalue weighted by atomic mass is 9.97. The van der Waals surface area contributed by atoms with Gasteiger partial charge in [0.15, 0.2) is 0 Å². The van der Waals surface area contributed by atoms with Crippen LogP contribution in [0.25, 0.3) is 0 Å². The molecule has 0 bridgehead atoms. The SMILES string of the molecule is CCc1cccc(CC(=O)Nc2ccc(N3CCC(c4nnc(N)s4)CC3)cn2)c1. The summed E-state index contributed by atoms with van der Waals surface area (Å²) in [5.74, 6) is 0.948. The molecule has 1 fully saturated rings. The summed E-state index contributed by atoms with van der Waals surface area (Å²) in [6, 6.07) is 12.0. The van der Waals surface area contributed by atoms with Gasteiger partial charge < -0.3 is 16.0 Å². The van der Waals surface area contributed by atoms with E-state index in [1.807, 2.05) is 30.5 Å². The number of pyridine rings is 1. The van der Waals surface area contributed by atoms with Crippen molar-refractivity contribution in [3.8, 4) is 0 Å². The first kappa shape index (κ1) is 20.3. The topological polar surface area (TPSA) is 97.0 Å². The number of nitrogens with two attached hydrogens (primary N) is 1. The van der Waals surface area contributed by atoms with Crippen molar-refractivity contribution < 1.29 is 4.79 Å². The van der Waals surface area contributed by atoms with Crippen molar-refractivity contribution in [3.63, 3.8) is 0 Å². The molecule has 0 atom stereocenters. The van der Waals surface area contributed by atoms with E-state index >= 15 is 0 Å². The number of anilines is 3. The lowest BCUT2D eigenvalue weighted by Crippen LogP contribution is -2.32. The molecular formula is C22H26N6OS. The summed E-state index contributed by atoms with van der Waals surface area (Å²) in [4.78, 5) is 19.1. The highest BCUT2D eigenvalue weighted by molar-refractivity contribution is 7.15. The van der Waals surface area contributed by atoms with Gasteiger partial charge in [-0.1, -0.05) is 42.5 Å². The van der Waals surface area contributed by atoms with Gasteiger partial charge in [-0.2, -0.15) is 0 Å². The minimum atomic E-state index is -0.0550. The molecule has 8 heteroatoms. The van der Waals surface area contributed by atoms with Crippen LogP contribution in [0.2, 0.25) is 0 Å². The molecule has 0 spiro atoms. The van der Waals surface area contributed by atoms with Gasteiger partial charge in [0.1, 0.15) is 10.8 Å². The first-order valence-electron chi connectivity index (χ1n) is 10.3. The normalized spacial score (nSPS) is 14.6. The van der Waals surface area contributed by atoms with Gasteiger partial charge in [-0.15, -0.1) is 10.2 Å². The molecule has 1 saturated heterocycles. The van der Waals surface area contributed by atoms with Crippen LogP contribution in [0.1, 0.15) is 41.8 Å². The van der Waals surface area contributed by atoms with Crippen LogP contribution in [0.4, 0.5) is 16.6 Å². The Hall–Kier alpha value is -3.00. The molecule has 0 unspecified atom stereocenters. The zero-order valence-electron chi connectivity index (χ0n) is 17.0. The summed E-state index contributed by atoms with van der Waals surface area (Å²) >= 11 is 1.49. The standard InChI is InChI=1S/C22H26N6OS/c1-2-15-4-3-5-16(12-15)13-20(29)25-19-7-6-18(14-24-19)28-10-8-17(9-11-28)21-26-27-22(23)30-21/h3-7,12,14,17H,2,8-11,13H2,1H3,(H2,23,27)(H,24,25,29). The molecule has 0 aliphatic carbocycles. The van der Waals surface area contributed by atoms with Crippen LogP contribution in [0, 0.1) is 0 Å². The number of rotatable bonds is 6. The minimum absolute atomic E-state index is 0.0550. The fourth-order valence-corrected chi connectivity index (χ4v) is 4.56. The summed E-state index contributed by atoms with van der Waals surface area (Å²) in [5.41, 5.74) is 9.03. The molecule has 0 saturated carbocycles. The summed E-state index contributed by atoms with van der Waals surface area (Å²) in [6.45, 7) is 3.98. The van der Waals surface area contributed by atoms with Gasteiger partial charge >= 0.3 is 0 Å². The van der Waals surface area contributed by atoms with Gasteiger partial charge in [-0.25, -0.2) is 4.98 Å². The summed E-state index contributed by atoms with van der Waals surface area (Å²) in [7, 11) is 0. The predicted octanol–water partition coefficient (Wildman–Crippen LogP) is 3.64. The lowest BCUT2D eigenvalue weighted by molar-refractivity contribution is -0.115. The lowest BCUT2D eigenvalue weighted by Gasteiger charge is -2.32. The van der Waals surface area contributed by atoms with Gasteiger partial charge in [-0.05, 0) is 42.5 Å². The first-order chi connectivity index (χ1) is 14.6. The molecule has 0 radical (unpaired) electrons.